The van der Waals surface area contributed by atoms with Gasteiger partial charge in [0.1, 0.15) is 23.4 Å². The Bertz CT molecular complexity index is 943. The number of amides is 1. The van der Waals surface area contributed by atoms with Crippen molar-refractivity contribution < 1.29 is 4.79 Å². The summed E-state index contributed by atoms with van der Waals surface area (Å²) >= 11 is 3.07. The van der Waals surface area contributed by atoms with Crippen LogP contribution in [0.2, 0.25) is 0 Å². The molecule has 0 aliphatic heterocycles. The minimum atomic E-state index is -0.221. The maximum atomic E-state index is 12.3. The number of thiazole rings is 1. The zero-order chi connectivity index (χ0) is 16.4. The van der Waals surface area contributed by atoms with E-state index in [0.717, 1.165) is 16.3 Å². The first-order valence-corrected chi connectivity index (χ1v) is 8.86. The van der Waals surface area contributed by atoms with Gasteiger partial charge in [-0.1, -0.05) is 0 Å². The molecule has 0 aliphatic carbocycles. The highest BCUT2D eigenvalue weighted by Gasteiger charge is 2.12. The van der Waals surface area contributed by atoms with E-state index in [1.807, 2.05) is 41.1 Å². The second-order valence-corrected chi connectivity index (χ2v) is 6.53. The van der Waals surface area contributed by atoms with E-state index in [2.05, 4.69) is 20.4 Å². The van der Waals surface area contributed by atoms with Gasteiger partial charge in [-0.2, -0.15) is 16.4 Å². The maximum Gasteiger partial charge on any atom is 0.275 e. The van der Waals surface area contributed by atoms with Crippen LogP contribution in [0.15, 0.2) is 59.1 Å². The fourth-order valence-electron chi connectivity index (χ4n) is 2.13. The third kappa shape index (κ3) is 2.97. The van der Waals surface area contributed by atoms with Gasteiger partial charge in [0.25, 0.3) is 5.91 Å². The van der Waals surface area contributed by atoms with Gasteiger partial charge < -0.3 is 5.32 Å². The van der Waals surface area contributed by atoms with Crippen molar-refractivity contribution in [2.24, 2.45) is 0 Å². The van der Waals surface area contributed by atoms with Crippen molar-refractivity contribution in [1.82, 2.24) is 19.7 Å². The molecule has 6 nitrogen and oxygen atoms in total. The topological polar surface area (TPSA) is 72.7 Å². The predicted molar refractivity (Wildman–Crippen MR) is 94.7 cm³/mol. The molecule has 0 saturated carbocycles. The summed E-state index contributed by atoms with van der Waals surface area (Å²) in [7, 11) is 0. The number of thiophene rings is 1. The smallest absolute Gasteiger partial charge is 0.275 e. The van der Waals surface area contributed by atoms with Crippen molar-refractivity contribution in [2.75, 3.05) is 5.32 Å². The Morgan fingerprint density at radius 2 is 2.00 bits per heavy atom. The van der Waals surface area contributed by atoms with E-state index in [0.29, 0.717) is 11.4 Å². The van der Waals surface area contributed by atoms with Crippen LogP contribution in [0, 0.1) is 0 Å². The van der Waals surface area contributed by atoms with Crippen LogP contribution >= 0.6 is 22.7 Å². The average Bonchev–Trinajstić information content (AvgIpc) is 3.35. The summed E-state index contributed by atoms with van der Waals surface area (Å²) in [6.45, 7) is 0. The van der Waals surface area contributed by atoms with Gasteiger partial charge in [0, 0.05) is 22.0 Å². The molecule has 3 heterocycles. The highest BCUT2D eigenvalue weighted by Crippen LogP contribution is 2.26. The van der Waals surface area contributed by atoms with Crippen molar-refractivity contribution in [3.8, 4) is 16.3 Å². The zero-order valence-corrected chi connectivity index (χ0v) is 13.9. The van der Waals surface area contributed by atoms with Crippen LogP contribution in [0.25, 0.3) is 16.3 Å². The number of carbonyl (C=O) groups excluding carboxylic acids is 1. The summed E-state index contributed by atoms with van der Waals surface area (Å²) in [6.07, 6.45) is 3.10. The summed E-state index contributed by atoms with van der Waals surface area (Å²) in [5.41, 5.74) is 3.04. The fourth-order valence-corrected chi connectivity index (χ4v) is 3.64. The number of aromatic nitrogens is 4. The van der Waals surface area contributed by atoms with Crippen molar-refractivity contribution >= 4 is 34.3 Å². The molecule has 0 fully saturated rings. The van der Waals surface area contributed by atoms with E-state index < -0.39 is 0 Å². The number of nitrogens with zero attached hydrogens (tertiary/aromatic N) is 4. The van der Waals surface area contributed by atoms with E-state index in [9.17, 15) is 4.79 Å². The van der Waals surface area contributed by atoms with Gasteiger partial charge in [-0.3, -0.25) is 4.79 Å². The normalized spacial score (nSPS) is 10.7. The van der Waals surface area contributed by atoms with Gasteiger partial charge >= 0.3 is 0 Å². The molecule has 8 heteroatoms. The molecule has 118 valence electrons. The molecule has 1 amide bonds. The maximum absolute atomic E-state index is 12.3. The summed E-state index contributed by atoms with van der Waals surface area (Å²) in [4.78, 5) is 20.6. The van der Waals surface area contributed by atoms with Crippen LogP contribution in [0.3, 0.4) is 0 Å². The number of carbonyl (C=O) groups is 1. The molecule has 4 rings (SSSR count). The molecule has 1 aromatic carbocycles. The molecule has 1 N–H and O–H groups in total. The minimum Gasteiger partial charge on any atom is -0.321 e. The first-order valence-electron chi connectivity index (χ1n) is 7.04. The fraction of sp³-hybridized carbons (Fsp3) is 0. The molecule has 0 unspecified atom stereocenters. The summed E-state index contributed by atoms with van der Waals surface area (Å²) in [5, 5.41) is 13.5. The van der Waals surface area contributed by atoms with Gasteiger partial charge in [-0.15, -0.1) is 11.3 Å². The van der Waals surface area contributed by atoms with Crippen LogP contribution in [0.4, 0.5) is 5.69 Å². The molecular formula is C16H11N5OS2. The molecule has 24 heavy (non-hydrogen) atoms. The van der Waals surface area contributed by atoms with E-state index in [4.69, 9.17) is 0 Å². The molecule has 0 atom stereocenters. The highest BCUT2D eigenvalue weighted by molar-refractivity contribution is 7.14. The lowest BCUT2D eigenvalue weighted by Crippen LogP contribution is -2.12. The van der Waals surface area contributed by atoms with Crippen molar-refractivity contribution in [3.63, 3.8) is 0 Å². The monoisotopic (exact) mass is 353 g/mol. The Kier molecular flexibility index (Phi) is 3.89. The van der Waals surface area contributed by atoms with Crippen LogP contribution in [-0.2, 0) is 0 Å². The largest absolute Gasteiger partial charge is 0.321 e. The van der Waals surface area contributed by atoms with E-state index in [1.165, 1.54) is 17.7 Å². The van der Waals surface area contributed by atoms with Crippen LogP contribution in [-0.4, -0.2) is 25.7 Å². The third-order valence-corrected chi connectivity index (χ3v) is 4.89. The molecular weight excluding hydrogens is 342 g/mol. The molecule has 4 aromatic rings. The summed E-state index contributed by atoms with van der Waals surface area (Å²) in [6, 6.07) is 9.36. The van der Waals surface area contributed by atoms with E-state index in [-0.39, 0.29) is 5.91 Å². The average molecular weight is 353 g/mol. The van der Waals surface area contributed by atoms with Crippen LogP contribution in [0.5, 0.6) is 0 Å². The van der Waals surface area contributed by atoms with Gasteiger partial charge in [0.05, 0.1) is 5.69 Å². The zero-order valence-electron chi connectivity index (χ0n) is 12.3. The number of nitrogens with one attached hydrogen (secondary N) is 1. The second-order valence-electron chi connectivity index (χ2n) is 4.89. The standard InChI is InChI=1S/C16H11N5OS2/c22-15(14-8-24-16(20-14)11-5-6-23-7-11)19-12-1-3-13(4-2-12)21-10-17-9-18-21/h1-10H,(H,19,22). The number of anilines is 1. The number of benzene rings is 1. The summed E-state index contributed by atoms with van der Waals surface area (Å²) in [5.74, 6) is -0.221. The Labute approximate surface area is 145 Å². The first-order chi connectivity index (χ1) is 11.8. The van der Waals surface area contributed by atoms with E-state index >= 15 is 0 Å². The van der Waals surface area contributed by atoms with Crippen LogP contribution < -0.4 is 5.32 Å². The number of hydrogen-bond donors (Lipinski definition) is 1. The van der Waals surface area contributed by atoms with Crippen molar-refractivity contribution in [1.29, 1.82) is 0 Å². The van der Waals surface area contributed by atoms with Crippen LogP contribution in [0.1, 0.15) is 10.5 Å². The SMILES string of the molecule is O=C(Nc1ccc(-n2cncn2)cc1)c1csc(-c2ccsc2)n1. The predicted octanol–water partition coefficient (Wildman–Crippen LogP) is 3.70. The summed E-state index contributed by atoms with van der Waals surface area (Å²) < 4.78 is 1.65. The molecule has 0 bridgehead atoms. The first kappa shape index (κ1) is 14.7. The molecule has 0 spiro atoms. The Hall–Kier alpha value is -2.84. The molecule has 3 aromatic heterocycles. The van der Waals surface area contributed by atoms with Gasteiger partial charge in [0.15, 0.2) is 0 Å². The lowest BCUT2D eigenvalue weighted by atomic mass is 10.2. The highest BCUT2D eigenvalue weighted by atomic mass is 32.1. The Balaban J connectivity index is 1.48. The second kappa shape index (κ2) is 6.34. The van der Waals surface area contributed by atoms with Gasteiger partial charge in [-0.25, -0.2) is 14.6 Å². The Morgan fingerprint density at radius 1 is 1.12 bits per heavy atom. The van der Waals surface area contributed by atoms with E-state index in [1.54, 1.807) is 27.7 Å². The lowest BCUT2D eigenvalue weighted by Gasteiger charge is -2.05. The molecule has 0 saturated heterocycles. The van der Waals surface area contributed by atoms with Crippen molar-refractivity contribution in [3.05, 3.63) is 64.8 Å². The number of rotatable bonds is 4. The quantitative estimate of drug-likeness (QED) is 0.607. The third-order valence-electron chi connectivity index (χ3n) is 3.31. The lowest BCUT2D eigenvalue weighted by molar-refractivity contribution is 0.102. The molecule has 0 radical (unpaired) electrons. The minimum absolute atomic E-state index is 0.221. The van der Waals surface area contributed by atoms with Gasteiger partial charge in [-0.05, 0) is 35.7 Å². The van der Waals surface area contributed by atoms with Crippen molar-refractivity contribution in [2.45, 2.75) is 0 Å². The molecule has 0 aliphatic rings. The Morgan fingerprint density at radius 3 is 2.71 bits per heavy atom. The van der Waals surface area contributed by atoms with Gasteiger partial charge in [0.2, 0.25) is 0 Å². The number of hydrogen-bond acceptors (Lipinski definition) is 6.